The van der Waals surface area contributed by atoms with Crippen molar-refractivity contribution in [1.29, 1.82) is 0 Å². The number of benzene rings is 1. The van der Waals surface area contributed by atoms with Gasteiger partial charge in [0.25, 0.3) is 0 Å². The van der Waals surface area contributed by atoms with Crippen molar-refractivity contribution in [2.24, 2.45) is 0 Å². The lowest BCUT2D eigenvalue weighted by Gasteiger charge is -2.11. The van der Waals surface area contributed by atoms with Crippen LogP contribution >= 0.6 is 11.6 Å². The Morgan fingerprint density at radius 3 is 2.56 bits per heavy atom. The van der Waals surface area contributed by atoms with Crippen LogP contribution in [0.2, 0.25) is 0 Å². The molecule has 1 rings (SSSR count). The minimum absolute atomic E-state index is 0.0777. The fourth-order valence-electron chi connectivity index (χ4n) is 1.22. The summed E-state index contributed by atoms with van der Waals surface area (Å²) in [6.45, 7) is 0. The maximum Gasteiger partial charge on any atom is 0.417 e. The topological polar surface area (TPSA) is 9.23 Å². The molecule has 0 heterocycles. The molecule has 0 spiro atoms. The van der Waals surface area contributed by atoms with E-state index in [1.54, 1.807) is 0 Å². The first-order chi connectivity index (χ1) is 7.49. The Morgan fingerprint density at radius 1 is 1.38 bits per heavy atom. The summed E-state index contributed by atoms with van der Waals surface area (Å²) in [5, 5.41) is 0. The van der Waals surface area contributed by atoms with E-state index in [0.29, 0.717) is 0 Å². The third-order valence-electron chi connectivity index (χ3n) is 1.95. The van der Waals surface area contributed by atoms with Crippen LogP contribution in [0.25, 0.3) is 6.08 Å². The molecular formula is C11H10ClF3O. The van der Waals surface area contributed by atoms with E-state index in [9.17, 15) is 13.2 Å². The summed E-state index contributed by atoms with van der Waals surface area (Å²) >= 11 is 5.38. The van der Waals surface area contributed by atoms with Gasteiger partial charge in [-0.2, -0.15) is 13.2 Å². The van der Waals surface area contributed by atoms with Crippen molar-refractivity contribution in [2.45, 2.75) is 6.18 Å². The Labute approximate surface area is 96.5 Å². The maximum absolute atomic E-state index is 12.7. The van der Waals surface area contributed by atoms with Gasteiger partial charge in [-0.25, -0.2) is 0 Å². The molecule has 0 amide bonds. The highest BCUT2D eigenvalue weighted by atomic mass is 35.5. The molecule has 0 N–H and O–H groups in total. The molecule has 1 aromatic rings. The van der Waals surface area contributed by atoms with Crippen molar-refractivity contribution in [1.82, 2.24) is 0 Å². The van der Waals surface area contributed by atoms with Crippen molar-refractivity contribution in [3.05, 3.63) is 35.4 Å². The van der Waals surface area contributed by atoms with Gasteiger partial charge in [-0.1, -0.05) is 18.2 Å². The van der Waals surface area contributed by atoms with Gasteiger partial charge in [-0.05, 0) is 17.7 Å². The van der Waals surface area contributed by atoms with E-state index >= 15 is 0 Å². The zero-order valence-corrected chi connectivity index (χ0v) is 9.27. The Hall–Kier alpha value is -1.16. The Bertz CT molecular complexity index is 385. The van der Waals surface area contributed by atoms with Crippen LogP contribution in [0.4, 0.5) is 13.2 Å². The monoisotopic (exact) mass is 250 g/mol. The van der Waals surface area contributed by atoms with Crippen LogP contribution in [-0.4, -0.2) is 13.0 Å². The first-order valence-corrected chi connectivity index (χ1v) is 5.00. The summed E-state index contributed by atoms with van der Waals surface area (Å²) in [7, 11) is 1.32. The van der Waals surface area contributed by atoms with E-state index in [1.807, 2.05) is 0 Å². The van der Waals surface area contributed by atoms with Crippen LogP contribution in [0.15, 0.2) is 24.3 Å². The second kappa shape index (κ2) is 5.25. The van der Waals surface area contributed by atoms with Gasteiger partial charge >= 0.3 is 6.18 Å². The lowest BCUT2D eigenvalue weighted by molar-refractivity contribution is -0.137. The molecule has 5 heteroatoms. The number of rotatable bonds is 3. The van der Waals surface area contributed by atoms with Gasteiger partial charge in [0.2, 0.25) is 0 Å². The SMILES string of the molecule is COc1ccc(C=CCCl)c(C(F)(F)F)c1. The molecule has 16 heavy (non-hydrogen) atoms. The third-order valence-corrected chi connectivity index (χ3v) is 2.13. The molecular weight excluding hydrogens is 241 g/mol. The lowest BCUT2D eigenvalue weighted by atomic mass is 10.1. The fraction of sp³-hybridized carbons (Fsp3) is 0.273. The minimum atomic E-state index is -4.40. The summed E-state index contributed by atoms with van der Waals surface area (Å²) in [6.07, 6.45) is -1.60. The van der Waals surface area contributed by atoms with Crippen molar-refractivity contribution in [2.75, 3.05) is 13.0 Å². The van der Waals surface area contributed by atoms with Crippen LogP contribution in [0.5, 0.6) is 5.75 Å². The van der Waals surface area contributed by atoms with Crippen molar-refractivity contribution in [3.8, 4) is 5.75 Å². The van der Waals surface area contributed by atoms with E-state index in [1.165, 1.54) is 31.4 Å². The molecule has 0 aliphatic heterocycles. The Morgan fingerprint density at radius 2 is 2.06 bits per heavy atom. The second-order valence-corrected chi connectivity index (χ2v) is 3.32. The number of methoxy groups -OCH3 is 1. The van der Waals surface area contributed by atoms with Crippen molar-refractivity contribution < 1.29 is 17.9 Å². The molecule has 0 atom stereocenters. The van der Waals surface area contributed by atoms with Gasteiger partial charge < -0.3 is 4.74 Å². The average Bonchev–Trinajstić information content (AvgIpc) is 2.25. The van der Waals surface area contributed by atoms with E-state index in [0.717, 1.165) is 6.07 Å². The lowest BCUT2D eigenvalue weighted by Crippen LogP contribution is -2.07. The van der Waals surface area contributed by atoms with E-state index in [4.69, 9.17) is 16.3 Å². The molecule has 0 aliphatic carbocycles. The quantitative estimate of drug-likeness (QED) is 0.738. The molecule has 0 saturated carbocycles. The summed E-state index contributed by atoms with van der Waals surface area (Å²) in [5.74, 6) is 0.346. The largest absolute Gasteiger partial charge is 0.497 e. The van der Waals surface area contributed by atoms with Gasteiger partial charge in [0.15, 0.2) is 0 Å². The first-order valence-electron chi connectivity index (χ1n) is 4.46. The van der Waals surface area contributed by atoms with Crippen LogP contribution in [0, 0.1) is 0 Å². The van der Waals surface area contributed by atoms with E-state index < -0.39 is 11.7 Å². The molecule has 0 saturated heterocycles. The van der Waals surface area contributed by atoms with Gasteiger partial charge in [-0.3, -0.25) is 0 Å². The zero-order valence-electron chi connectivity index (χ0n) is 8.51. The minimum Gasteiger partial charge on any atom is -0.497 e. The summed E-state index contributed by atoms with van der Waals surface area (Å²) < 4.78 is 42.8. The molecule has 88 valence electrons. The van der Waals surface area contributed by atoms with E-state index in [-0.39, 0.29) is 17.2 Å². The van der Waals surface area contributed by atoms with Gasteiger partial charge in [-0.15, -0.1) is 11.6 Å². The predicted octanol–water partition coefficient (Wildman–Crippen LogP) is 3.97. The number of halogens is 4. The van der Waals surface area contributed by atoms with Crippen LogP contribution in [0.1, 0.15) is 11.1 Å². The van der Waals surface area contributed by atoms with Crippen molar-refractivity contribution in [3.63, 3.8) is 0 Å². The normalized spacial score (nSPS) is 12.1. The molecule has 1 nitrogen and oxygen atoms in total. The smallest absolute Gasteiger partial charge is 0.417 e. The summed E-state index contributed by atoms with van der Waals surface area (Å²) in [4.78, 5) is 0. The van der Waals surface area contributed by atoms with Gasteiger partial charge in [0.05, 0.1) is 12.7 Å². The zero-order chi connectivity index (χ0) is 12.2. The standard InChI is InChI=1S/C11H10ClF3O/c1-16-9-5-4-8(3-2-6-12)10(7-9)11(13,14)15/h2-5,7H,6H2,1H3. The summed E-state index contributed by atoms with van der Waals surface area (Å²) in [6, 6.07) is 3.79. The highest BCUT2D eigenvalue weighted by molar-refractivity contribution is 6.19. The van der Waals surface area contributed by atoms with Gasteiger partial charge in [0, 0.05) is 5.88 Å². The highest BCUT2D eigenvalue weighted by Gasteiger charge is 2.33. The van der Waals surface area contributed by atoms with E-state index in [2.05, 4.69) is 0 Å². The third kappa shape index (κ3) is 3.17. The van der Waals surface area contributed by atoms with Crippen LogP contribution in [0.3, 0.4) is 0 Å². The number of allylic oxidation sites excluding steroid dienone is 1. The molecule has 1 aromatic carbocycles. The Balaban J connectivity index is 3.22. The predicted molar refractivity (Wildman–Crippen MR) is 57.8 cm³/mol. The molecule has 0 aliphatic rings. The fourth-order valence-corrected chi connectivity index (χ4v) is 1.31. The van der Waals surface area contributed by atoms with Crippen LogP contribution in [-0.2, 0) is 6.18 Å². The molecule has 0 bridgehead atoms. The number of alkyl halides is 4. The van der Waals surface area contributed by atoms with Crippen LogP contribution < -0.4 is 4.74 Å². The maximum atomic E-state index is 12.7. The highest BCUT2D eigenvalue weighted by Crippen LogP contribution is 2.34. The summed E-state index contributed by atoms with van der Waals surface area (Å²) in [5.41, 5.74) is -0.651. The Kier molecular flexibility index (Phi) is 4.24. The molecule has 0 radical (unpaired) electrons. The molecule has 0 fully saturated rings. The number of ether oxygens (including phenoxy) is 1. The molecule has 0 unspecified atom stereocenters. The number of hydrogen-bond acceptors (Lipinski definition) is 1. The van der Waals surface area contributed by atoms with Crippen molar-refractivity contribution >= 4 is 17.7 Å². The average molecular weight is 251 g/mol. The molecule has 0 aromatic heterocycles. The second-order valence-electron chi connectivity index (χ2n) is 3.01. The first kappa shape index (κ1) is 12.9. The van der Waals surface area contributed by atoms with Gasteiger partial charge in [0.1, 0.15) is 5.75 Å². The number of hydrogen-bond donors (Lipinski definition) is 0.